The van der Waals surface area contributed by atoms with E-state index in [4.69, 9.17) is 4.74 Å². The Morgan fingerprint density at radius 1 is 1.27 bits per heavy atom. The van der Waals surface area contributed by atoms with Gasteiger partial charge < -0.3 is 4.74 Å². The van der Waals surface area contributed by atoms with E-state index in [1.54, 1.807) is 0 Å². The minimum Gasteiger partial charge on any atom is -0.492 e. The lowest BCUT2D eigenvalue weighted by Crippen LogP contribution is -1.99. The average molecular weight is 151 g/mol. The van der Waals surface area contributed by atoms with Crippen LogP contribution < -0.4 is 4.74 Å². The zero-order valence-corrected chi connectivity index (χ0v) is 6.06. The SMILES string of the molecule is O=NCCOc1ccccc1. The Kier molecular flexibility index (Phi) is 3.12. The average Bonchev–Trinajstić information content (AvgIpc) is 2.07. The molecule has 0 atom stereocenters. The van der Waals surface area contributed by atoms with Gasteiger partial charge in [-0.2, -0.15) is 4.91 Å². The lowest BCUT2D eigenvalue weighted by atomic mass is 10.3. The molecule has 0 saturated heterocycles. The molecule has 0 N–H and O–H groups in total. The quantitative estimate of drug-likeness (QED) is 0.486. The third kappa shape index (κ3) is 2.80. The van der Waals surface area contributed by atoms with Crippen molar-refractivity contribution in [2.45, 2.75) is 0 Å². The van der Waals surface area contributed by atoms with Gasteiger partial charge in [0.05, 0.1) is 0 Å². The van der Waals surface area contributed by atoms with Crippen molar-refractivity contribution in [2.75, 3.05) is 13.2 Å². The zero-order valence-electron chi connectivity index (χ0n) is 6.06. The minimum absolute atomic E-state index is 0.203. The maximum absolute atomic E-state index is 9.67. The van der Waals surface area contributed by atoms with Gasteiger partial charge in [-0.25, -0.2) is 0 Å². The van der Waals surface area contributed by atoms with Gasteiger partial charge in [0, 0.05) is 0 Å². The van der Waals surface area contributed by atoms with Crippen molar-refractivity contribution in [3.63, 3.8) is 0 Å². The Balaban J connectivity index is 2.33. The fraction of sp³-hybridized carbons (Fsp3) is 0.250. The molecular formula is C8H9NO2. The summed E-state index contributed by atoms with van der Waals surface area (Å²) in [7, 11) is 0. The first-order valence-corrected chi connectivity index (χ1v) is 3.40. The third-order valence-corrected chi connectivity index (χ3v) is 1.19. The monoisotopic (exact) mass is 151 g/mol. The molecule has 11 heavy (non-hydrogen) atoms. The topological polar surface area (TPSA) is 38.7 Å². The molecule has 1 aromatic rings. The number of hydrogen-bond acceptors (Lipinski definition) is 3. The van der Waals surface area contributed by atoms with Gasteiger partial charge in [-0.3, -0.25) is 0 Å². The van der Waals surface area contributed by atoms with Crippen molar-refractivity contribution in [1.29, 1.82) is 0 Å². The van der Waals surface area contributed by atoms with Crippen LogP contribution in [0.2, 0.25) is 0 Å². The first kappa shape index (κ1) is 7.72. The Labute approximate surface area is 65.0 Å². The van der Waals surface area contributed by atoms with Crippen LogP contribution in [-0.4, -0.2) is 13.2 Å². The Morgan fingerprint density at radius 3 is 2.64 bits per heavy atom. The second kappa shape index (κ2) is 4.44. The number of ether oxygens (including phenoxy) is 1. The van der Waals surface area contributed by atoms with Gasteiger partial charge in [0.25, 0.3) is 0 Å². The van der Waals surface area contributed by atoms with Crippen LogP contribution in [0.3, 0.4) is 0 Å². The summed E-state index contributed by atoms with van der Waals surface area (Å²) in [5.41, 5.74) is 0. The van der Waals surface area contributed by atoms with Gasteiger partial charge >= 0.3 is 0 Å². The van der Waals surface area contributed by atoms with E-state index in [0.29, 0.717) is 6.61 Å². The molecule has 3 nitrogen and oxygen atoms in total. The molecule has 0 aromatic heterocycles. The standard InChI is InChI=1S/C8H9NO2/c10-9-6-7-11-8-4-2-1-3-5-8/h1-5H,6-7H2. The van der Waals surface area contributed by atoms with Crippen LogP contribution in [0.15, 0.2) is 35.5 Å². The van der Waals surface area contributed by atoms with E-state index in [9.17, 15) is 4.91 Å². The maximum Gasteiger partial charge on any atom is 0.119 e. The van der Waals surface area contributed by atoms with Crippen molar-refractivity contribution in [2.24, 2.45) is 5.18 Å². The highest BCUT2D eigenvalue weighted by atomic mass is 16.5. The third-order valence-electron chi connectivity index (χ3n) is 1.19. The number of rotatable bonds is 4. The molecule has 3 heteroatoms. The summed E-state index contributed by atoms with van der Waals surface area (Å²) in [5, 5.41) is 2.68. The molecule has 0 spiro atoms. The largest absolute Gasteiger partial charge is 0.492 e. The van der Waals surface area contributed by atoms with Crippen LogP contribution in [0.25, 0.3) is 0 Å². The highest BCUT2D eigenvalue weighted by Gasteiger charge is 1.88. The van der Waals surface area contributed by atoms with E-state index in [-0.39, 0.29) is 6.54 Å². The van der Waals surface area contributed by atoms with Gasteiger partial charge in [-0.1, -0.05) is 23.4 Å². The summed E-state index contributed by atoms with van der Waals surface area (Å²) in [6.07, 6.45) is 0. The molecule has 0 radical (unpaired) electrons. The van der Waals surface area contributed by atoms with Crippen LogP contribution in [0.5, 0.6) is 5.75 Å². The zero-order chi connectivity index (χ0) is 7.94. The fourth-order valence-electron chi connectivity index (χ4n) is 0.717. The number of benzene rings is 1. The summed E-state index contributed by atoms with van der Waals surface area (Å²) >= 11 is 0. The molecular weight excluding hydrogens is 142 g/mol. The van der Waals surface area contributed by atoms with Gasteiger partial charge in [-0.15, -0.1) is 0 Å². The van der Waals surface area contributed by atoms with Crippen LogP contribution in [0.1, 0.15) is 0 Å². The molecule has 0 saturated carbocycles. The normalized spacial score (nSPS) is 9.09. The van der Waals surface area contributed by atoms with E-state index in [2.05, 4.69) is 5.18 Å². The van der Waals surface area contributed by atoms with Gasteiger partial charge in [0.1, 0.15) is 18.9 Å². The molecule has 58 valence electrons. The first-order valence-electron chi connectivity index (χ1n) is 3.40. The van der Waals surface area contributed by atoms with Crippen LogP contribution >= 0.6 is 0 Å². The molecule has 0 aliphatic heterocycles. The Hall–Kier alpha value is -1.38. The first-order chi connectivity index (χ1) is 5.43. The van der Waals surface area contributed by atoms with Crippen molar-refractivity contribution in [3.8, 4) is 5.75 Å². The van der Waals surface area contributed by atoms with Crippen molar-refractivity contribution in [1.82, 2.24) is 0 Å². The minimum atomic E-state index is 0.203. The predicted molar refractivity (Wildman–Crippen MR) is 42.6 cm³/mol. The number of nitroso groups, excluding NO2 is 1. The maximum atomic E-state index is 9.67. The van der Waals surface area contributed by atoms with Crippen molar-refractivity contribution in [3.05, 3.63) is 35.2 Å². The Morgan fingerprint density at radius 2 is 2.00 bits per heavy atom. The molecule has 0 fully saturated rings. The van der Waals surface area contributed by atoms with Gasteiger partial charge in [-0.05, 0) is 12.1 Å². The fourth-order valence-corrected chi connectivity index (χ4v) is 0.717. The Bertz CT molecular complexity index is 211. The van der Waals surface area contributed by atoms with Crippen molar-refractivity contribution < 1.29 is 4.74 Å². The molecule has 1 aromatic carbocycles. The summed E-state index contributed by atoms with van der Waals surface area (Å²) in [5.74, 6) is 0.774. The molecule has 0 bridgehead atoms. The van der Waals surface area contributed by atoms with Crippen LogP contribution in [0, 0.1) is 4.91 Å². The summed E-state index contributed by atoms with van der Waals surface area (Å²) in [4.78, 5) is 9.67. The van der Waals surface area contributed by atoms with E-state index < -0.39 is 0 Å². The molecule has 0 aliphatic rings. The molecule has 0 aliphatic carbocycles. The van der Waals surface area contributed by atoms with Crippen molar-refractivity contribution >= 4 is 0 Å². The van der Waals surface area contributed by atoms with Gasteiger partial charge in [0.15, 0.2) is 0 Å². The summed E-state index contributed by atoms with van der Waals surface area (Å²) in [6.45, 7) is 0.558. The summed E-state index contributed by atoms with van der Waals surface area (Å²) in [6, 6.07) is 9.34. The second-order valence-electron chi connectivity index (χ2n) is 2.01. The highest BCUT2D eigenvalue weighted by molar-refractivity contribution is 5.20. The van der Waals surface area contributed by atoms with E-state index in [1.165, 1.54) is 0 Å². The lowest BCUT2D eigenvalue weighted by Gasteiger charge is -2.00. The number of para-hydroxylation sites is 1. The smallest absolute Gasteiger partial charge is 0.119 e. The molecule has 0 unspecified atom stereocenters. The number of nitrogens with zero attached hydrogens (tertiary/aromatic N) is 1. The predicted octanol–water partition coefficient (Wildman–Crippen LogP) is 1.83. The lowest BCUT2D eigenvalue weighted by molar-refractivity contribution is 0.328. The molecule has 0 amide bonds. The second-order valence-corrected chi connectivity index (χ2v) is 2.01. The highest BCUT2D eigenvalue weighted by Crippen LogP contribution is 2.07. The van der Waals surface area contributed by atoms with E-state index in [1.807, 2.05) is 30.3 Å². The van der Waals surface area contributed by atoms with Crippen LogP contribution in [-0.2, 0) is 0 Å². The molecule has 0 heterocycles. The van der Waals surface area contributed by atoms with Gasteiger partial charge in [0.2, 0.25) is 0 Å². The van der Waals surface area contributed by atoms with Crippen LogP contribution in [0.4, 0.5) is 0 Å². The molecule has 1 rings (SSSR count). The summed E-state index contributed by atoms with van der Waals surface area (Å²) < 4.78 is 5.15. The van der Waals surface area contributed by atoms with E-state index >= 15 is 0 Å². The van der Waals surface area contributed by atoms with E-state index in [0.717, 1.165) is 5.75 Å². The number of hydrogen-bond donors (Lipinski definition) is 0.